The number of rotatable bonds is 6. The molecule has 2 aliphatic rings. The number of carboxylic acid groups (broad SMARTS) is 1. The van der Waals surface area contributed by atoms with Crippen molar-refractivity contribution in [2.45, 2.75) is 32.4 Å². The quantitative estimate of drug-likeness (QED) is 0.210. The number of nitrogens with zero attached hydrogens (tertiary/aromatic N) is 3. The van der Waals surface area contributed by atoms with Gasteiger partial charge in [-0.25, -0.2) is 4.79 Å². The second kappa shape index (κ2) is 11.6. The number of piperidine rings is 1. The zero-order chi connectivity index (χ0) is 29.5. The van der Waals surface area contributed by atoms with Gasteiger partial charge in [0.1, 0.15) is 17.6 Å². The van der Waals surface area contributed by atoms with Gasteiger partial charge in [-0.3, -0.25) is 4.98 Å². The maximum atomic E-state index is 11.6. The molecule has 6 rings (SSSR count). The second-order valence-corrected chi connectivity index (χ2v) is 12.4. The highest BCUT2D eigenvalue weighted by Gasteiger charge is 2.43. The molecular formula is C32H30Cl2N4O3S. The molecule has 216 valence electrons. The highest BCUT2D eigenvalue weighted by atomic mass is 35.5. The molecule has 0 aliphatic carbocycles. The van der Waals surface area contributed by atoms with Crippen LogP contribution in [0.3, 0.4) is 0 Å². The molecule has 0 bridgehead atoms. The van der Waals surface area contributed by atoms with Gasteiger partial charge in [0.15, 0.2) is 5.11 Å². The lowest BCUT2D eigenvalue weighted by Crippen LogP contribution is -2.38. The number of thiocarbonyl (C=S) groups is 1. The molecular weight excluding hydrogens is 591 g/mol. The van der Waals surface area contributed by atoms with Crippen LogP contribution in [0, 0.1) is 11.8 Å². The molecule has 4 aromatic rings. The molecule has 7 nitrogen and oxygen atoms in total. The van der Waals surface area contributed by atoms with Gasteiger partial charge in [-0.1, -0.05) is 43.1 Å². The van der Waals surface area contributed by atoms with Gasteiger partial charge in [-0.2, -0.15) is 0 Å². The van der Waals surface area contributed by atoms with E-state index in [0.717, 1.165) is 30.2 Å². The molecule has 4 atom stereocenters. The predicted octanol–water partition coefficient (Wildman–Crippen LogP) is 8.01. The number of halogens is 2. The molecule has 0 spiro atoms. The van der Waals surface area contributed by atoms with E-state index < -0.39 is 12.0 Å². The molecule has 2 saturated heterocycles. The molecule has 2 aliphatic heterocycles. The van der Waals surface area contributed by atoms with Gasteiger partial charge in [-0.15, -0.1) is 0 Å². The van der Waals surface area contributed by atoms with Gasteiger partial charge in [0.05, 0.1) is 33.0 Å². The fourth-order valence-electron chi connectivity index (χ4n) is 6.19. The predicted molar refractivity (Wildman–Crippen MR) is 171 cm³/mol. The number of hydrogen-bond acceptors (Lipinski definition) is 5. The van der Waals surface area contributed by atoms with Crippen LogP contribution in [0.25, 0.3) is 11.3 Å². The number of pyridine rings is 1. The molecule has 0 unspecified atom stereocenters. The minimum absolute atomic E-state index is 0.122. The van der Waals surface area contributed by atoms with E-state index in [1.54, 1.807) is 18.3 Å². The maximum Gasteiger partial charge on any atom is 0.335 e. The lowest BCUT2D eigenvalue weighted by atomic mass is 9.91. The summed E-state index contributed by atoms with van der Waals surface area (Å²) >= 11 is 19.3. The van der Waals surface area contributed by atoms with E-state index in [1.165, 1.54) is 18.6 Å². The van der Waals surface area contributed by atoms with Crippen LogP contribution in [0.15, 0.2) is 77.3 Å². The monoisotopic (exact) mass is 620 g/mol. The highest BCUT2D eigenvalue weighted by molar-refractivity contribution is 7.80. The Morgan fingerprint density at radius 3 is 2.50 bits per heavy atom. The van der Waals surface area contributed by atoms with Crippen molar-refractivity contribution in [3.8, 4) is 11.3 Å². The van der Waals surface area contributed by atoms with Crippen molar-refractivity contribution in [2.24, 2.45) is 11.8 Å². The van der Waals surface area contributed by atoms with Gasteiger partial charge >= 0.3 is 5.97 Å². The number of aromatic carboxylic acids is 1. The van der Waals surface area contributed by atoms with E-state index in [0.29, 0.717) is 44.1 Å². The minimum Gasteiger partial charge on any atom is -0.478 e. The first-order chi connectivity index (χ1) is 20.2. The molecule has 0 radical (unpaired) electrons. The Kier molecular flexibility index (Phi) is 7.87. The van der Waals surface area contributed by atoms with Crippen molar-refractivity contribution in [2.75, 3.05) is 22.9 Å². The fourth-order valence-corrected chi connectivity index (χ4v) is 7.04. The number of aromatic nitrogens is 1. The van der Waals surface area contributed by atoms with E-state index in [-0.39, 0.29) is 11.6 Å². The van der Waals surface area contributed by atoms with Crippen LogP contribution >= 0.6 is 35.4 Å². The molecule has 42 heavy (non-hydrogen) atoms. The highest BCUT2D eigenvalue weighted by Crippen LogP contribution is 2.45. The lowest BCUT2D eigenvalue weighted by molar-refractivity contribution is 0.0697. The molecule has 2 aromatic carbocycles. The summed E-state index contributed by atoms with van der Waals surface area (Å²) in [5, 5.41) is 14.5. The van der Waals surface area contributed by atoms with Crippen LogP contribution in [0.1, 0.15) is 54.2 Å². The van der Waals surface area contributed by atoms with Gasteiger partial charge in [0.2, 0.25) is 0 Å². The van der Waals surface area contributed by atoms with Crippen molar-refractivity contribution in [3.63, 3.8) is 0 Å². The number of carboxylic acids is 1. The first-order valence-corrected chi connectivity index (χ1v) is 15.0. The van der Waals surface area contributed by atoms with Crippen molar-refractivity contribution >= 4 is 57.9 Å². The third-order valence-corrected chi connectivity index (χ3v) is 8.86. The van der Waals surface area contributed by atoms with E-state index >= 15 is 0 Å². The molecule has 2 fully saturated rings. The van der Waals surface area contributed by atoms with Crippen LogP contribution < -0.4 is 15.1 Å². The van der Waals surface area contributed by atoms with Crippen molar-refractivity contribution in [1.82, 2.24) is 10.3 Å². The van der Waals surface area contributed by atoms with Crippen LogP contribution in [-0.2, 0) is 0 Å². The summed E-state index contributed by atoms with van der Waals surface area (Å²) in [6, 6.07) is 19.3. The summed E-state index contributed by atoms with van der Waals surface area (Å²) in [6.07, 6.45) is 2.96. The Morgan fingerprint density at radius 1 is 1.02 bits per heavy atom. The summed E-state index contributed by atoms with van der Waals surface area (Å²) in [7, 11) is 0. The fraction of sp³-hybridized carbons (Fsp3) is 0.281. The van der Waals surface area contributed by atoms with Crippen LogP contribution in [0.4, 0.5) is 11.4 Å². The number of hydrogen-bond donors (Lipinski definition) is 2. The van der Waals surface area contributed by atoms with E-state index in [4.69, 9.17) is 39.8 Å². The molecule has 0 saturated carbocycles. The van der Waals surface area contributed by atoms with Crippen molar-refractivity contribution < 1.29 is 14.3 Å². The second-order valence-electron chi connectivity index (χ2n) is 11.2. The zero-order valence-corrected chi connectivity index (χ0v) is 25.5. The normalized spacial score (nSPS) is 22.3. The number of carbonyl (C=O) groups is 1. The number of anilines is 2. The van der Waals surface area contributed by atoms with Crippen molar-refractivity contribution in [3.05, 3.63) is 100.0 Å². The Hall–Kier alpha value is -3.59. The van der Waals surface area contributed by atoms with E-state index in [2.05, 4.69) is 35.1 Å². The largest absolute Gasteiger partial charge is 0.478 e. The van der Waals surface area contributed by atoms with Crippen LogP contribution in [-0.4, -0.2) is 34.3 Å². The Balaban J connectivity index is 1.40. The van der Waals surface area contributed by atoms with Crippen LogP contribution in [0.2, 0.25) is 10.0 Å². The van der Waals surface area contributed by atoms with Gasteiger partial charge in [0, 0.05) is 30.5 Å². The standard InChI is InChI=1S/C32H30Cl2N4O3S/c1-18-13-19(2)17-37(16-18)26-9-7-21(15-24(26)34)38-30(29(36-32(38)42)25-5-3-4-12-35-25)28-11-10-27(41-28)22-14-20(31(39)40)6-8-23(22)33/h3-12,14-15,18-19,29-30H,13,16-17H2,1-2H3,(H,36,42)(H,39,40)/t18-,19+,29-,30-/m1/s1. The summed E-state index contributed by atoms with van der Waals surface area (Å²) in [5.41, 5.74) is 3.26. The van der Waals surface area contributed by atoms with Gasteiger partial charge in [0.25, 0.3) is 0 Å². The molecule has 4 heterocycles. The summed E-state index contributed by atoms with van der Waals surface area (Å²) in [6.45, 7) is 6.51. The zero-order valence-electron chi connectivity index (χ0n) is 23.1. The topological polar surface area (TPSA) is 81.8 Å². The SMILES string of the molecule is C[C@@H]1C[C@H](C)CN(c2ccc(N3C(=S)N[C@H](c4ccccn4)[C@H]3c3ccc(-c4cc(C(=O)O)ccc4Cl)o3)cc2Cl)C1. The maximum absolute atomic E-state index is 11.6. The van der Waals surface area contributed by atoms with Gasteiger partial charge in [-0.05, 0) is 91.1 Å². The molecule has 10 heteroatoms. The Labute approximate surface area is 260 Å². The van der Waals surface area contributed by atoms with Crippen LogP contribution in [0.5, 0.6) is 0 Å². The molecule has 0 amide bonds. The first kappa shape index (κ1) is 28.5. The number of nitrogens with one attached hydrogen (secondary N) is 1. The van der Waals surface area contributed by atoms with E-state index in [1.807, 2.05) is 41.3 Å². The third kappa shape index (κ3) is 5.46. The smallest absolute Gasteiger partial charge is 0.335 e. The van der Waals surface area contributed by atoms with Crippen molar-refractivity contribution in [1.29, 1.82) is 0 Å². The summed E-state index contributed by atoms with van der Waals surface area (Å²) in [4.78, 5) is 20.6. The van der Waals surface area contributed by atoms with Gasteiger partial charge < -0.3 is 24.6 Å². The molecule has 2 aromatic heterocycles. The van der Waals surface area contributed by atoms with E-state index in [9.17, 15) is 9.90 Å². The Morgan fingerprint density at radius 2 is 1.81 bits per heavy atom. The molecule has 2 N–H and O–H groups in total. The number of benzene rings is 2. The average molecular weight is 622 g/mol. The average Bonchev–Trinajstić information content (AvgIpc) is 3.57. The third-order valence-electron chi connectivity index (χ3n) is 7.91. The Bertz CT molecular complexity index is 1640. The number of furan rings is 1. The summed E-state index contributed by atoms with van der Waals surface area (Å²) in [5.74, 6) is 1.23. The lowest BCUT2D eigenvalue weighted by Gasteiger charge is -2.37. The summed E-state index contributed by atoms with van der Waals surface area (Å²) < 4.78 is 6.41. The first-order valence-electron chi connectivity index (χ1n) is 13.9. The minimum atomic E-state index is -1.04.